The molecule has 0 spiro atoms. The average molecular weight is 318 g/mol. The fraction of sp³-hybridized carbons (Fsp3) is 0.765. The van der Waals surface area contributed by atoms with Crippen LogP contribution in [-0.4, -0.2) is 71.5 Å². The van der Waals surface area contributed by atoms with Crippen LogP contribution in [-0.2, 0) is 4.74 Å². The van der Waals surface area contributed by atoms with Crippen molar-refractivity contribution in [3.8, 4) is 0 Å². The Morgan fingerprint density at radius 2 is 1.91 bits per heavy atom. The van der Waals surface area contributed by atoms with E-state index in [1.165, 1.54) is 31.4 Å². The number of rotatable bonds is 3. The highest BCUT2D eigenvalue weighted by atomic mass is 16.5. The lowest BCUT2D eigenvalue weighted by atomic mass is 10.0. The first kappa shape index (κ1) is 15.3. The second kappa shape index (κ2) is 6.71. The van der Waals surface area contributed by atoms with Gasteiger partial charge in [0.25, 0.3) is 0 Å². The summed E-state index contributed by atoms with van der Waals surface area (Å²) in [5, 5.41) is 10.5. The van der Waals surface area contributed by atoms with E-state index < -0.39 is 0 Å². The number of aliphatic hydroxyl groups excluding tert-OH is 1. The van der Waals surface area contributed by atoms with Gasteiger partial charge >= 0.3 is 0 Å². The molecule has 1 aromatic heterocycles. The summed E-state index contributed by atoms with van der Waals surface area (Å²) in [5.41, 5.74) is 1.18. The van der Waals surface area contributed by atoms with Gasteiger partial charge in [0.05, 0.1) is 25.4 Å². The average Bonchev–Trinajstić information content (AvgIpc) is 3.25. The fourth-order valence-electron chi connectivity index (χ4n) is 4.16. The molecule has 0 unspecified atom stereocenters. The summed E-state index contributed by atoms with van der Waals surface area (Å²) in [5.74, 6) is 1.38. The highest BCUT2D eigenvalue weighted by Gasteiger charge is 2.37. The molecule has 2 saturated heterocycles. The molecule has 1 N–H and O–H groups in total. The third-order valence-corrected chi connectivity index (χ3v) is 5.49. The molecular formula is C17H26N4O2. The highest BCUT2D eigenvalue weighted by molar-refractivity contribution is 5.34. The van der Waals surface area contributed by atoms with Gasteiger partial charge in [0.2, 0.25) is 5.95 Å². The molecule has 6 heteroatoms. The molecule has 126 valence electrons. The largest absolute Gasteiger partial charge is 0.390 e. The predicted octanol–water partition coefficient (Wildman–Crippen LogP) is 1.02. The van der Waals surface area contributed by atoms with Crippen molar-refractivity contribution in [1.29, 1.82) is 0 Å². The van der Waals surface area contributed by atoms with E-state index in [2.05, 4.69) is 20.9 Å². The molecule has 3 aliphatic rings. The van der Waals surface area contributed by atoms with E-state index in [0.29, 0.717) is 12.5 Å². The molecule has 3 fully saturated rings. The Morgan fingerprint density at radius 3 is 2.70 bits per heavy atom. The van der Waals surface area contributed by atoms with E-state index in [4.69, 9.17) is 9.72 Å². The zero-order chi connectivity index (χ0) is 15.6. The molecule has 3 heterocycles. The van der Waals surface area contributed by atoms with E-state index >= 15 is 0 Å². The molecule has 1 aromatic rings. The van der Waals surface area contributed by atoms with Crippen molar-refractivity contribution in [2.45, 2.75) is 43.7 Å². The summed E-state index contributed by atoms with van der Waals surface area (Å²) >= 11 is 0. The van der Waals surface area contributed by atoms with Crippen molar-refractivity contribution >= 4 is 5.95 Å². The maximum absolute atomic E-state index is 10.5. The minimum absolute atomic E-state index is 0.164. The monoisotopic (exact) mass is 318 g/mol. The van der Waals surface area contributed by atoms with Crippen LogP contribution in [0.25, 0.3) is 0 Å². The third kappa shape index (κ3) is 3.20. The van der Waals surface area contributed by atoms with Crippen molar-refractivity contribution in [2.75, 3.05) is 44.3 Å². The topological polar surface area (TPSA) is 61.7 Å². The van der Waals surface area contributed by atoms with Gasteiger partial charge in [-0.15, -0.1) is 0 Å². The van der Waals surface area contributed by atoms with Gasteiger partial charge in [-0.1, -0.05) is 12.8 Å². The fourth-order valence-corrected chi connectivity index (χ4v) is 4.16. The summed E-state index contributed by atoms with van der Waals surface area (Å²) in [7, 11) is 0. The van der Waals surface area contributed by atoms with Gasteiger partial charge in [-0.3, -0.25) is 4.90 Å². The summed E-state index contributed by atoms with van der Waals surface area (Å²) in [6, 6.07) is 2.23. The standard InChI is InChI=1S/C17H26N4O2/c22-16-12-21(11-15(16)20-7-9-23-10-8-20)17-18-6-5-14(19-17)13-3-1-2-4-13/h5-6,13,15-16,22H,1-4,7-12H2/t15-,16-/m0/s1. The van der Waals surface area contributed by atoms with Crippen LogP contribution in [0.5, 0.6) is 0 Å². The Labute approximate surface area is 137 Å². The van der Waals surface area contributed by atoms with E-state index in [1.807, 2.05) is 6.20 Å². The second-order valence-corrected chi connectivity index (χ2v) is 6.95. The molecule has 0 aromatic carbocycles. The predicted molar refractivity (Wildman–Crippen MR) is 87.6 cm³/mol. The van der Waals surface area contributed by atoms with Crippen LogP contribution in [0.2, 0.25) is 0 Å². The minimum Gasteiger partial charge on any atom is -0.390 e. The number of hydrogen-bond donors (Lipinski definition) is 1. The van der Waals surface area contributed by atoms with Crippen molar-refractivity contribution in [3.05, 3.63) is 18.0 Å². The number of aromatic nitrogens is 2. The van der Waals surface area contributed by atoms with Gasteiger partial charge < -0.3 is 14.7 Å². The van der Waals surface area contributed by atoms with E-state index in [1.54, 1.807) is 0 Å². The van der Waals surface area contributed by atoms with Gasteiger partial charge in [-0.25, -0.2) is 9.97 Å². The van der Waals surface area contributed by atoms with Gasteiger partial charge in [0.15, 0.2) is 0 Å². The van der Waals surface area contributed by atoms with Crippen molar-refractivity contribution < 1.29 is 9.84 Å². The van der Waals surface area contributed by atoms with Crippen LogP contribution >= 0.6 is 0 Å². The first-order chi connectivity index (χ1) is 11.3. The quantitative estimate of drug-likeness (QED) is 0.898. The first-order valence-electron chi connectivity index (χ1n) is 8.89. The lowest BCUT2D eigenvalue weighted by molar-refractivity contribution is -0.00588. The summed E-state index contributed by atoms with van der Waals surface area (Å²) in [6.45, 7) is 4.75. The molecule has 4 rings (SSSR count). The van der Waals surface area contributed by atoms with Gasteiger partial charge in [-0.05, 0) is 18.9 Å². The molecule has 6 nitrogen and oxygen atoms in total. The second-order valence-electron chi connectivity index (χ2n) is 6.95. The van der Waals surface area contributed by atoms with Gasteiger partial charge in [0, 0.05) is 44.0 Å². The Hall–Kier alpha value is -1.24. The number of anilines is 1. The van der Waals surface area contributed by atoms with Crippen LogP contribution in [0.15, 0.2) is 12.3 Å². The van der Waals surface area contributed by atoms with E-state index in [0.717, 1.165) is 38.8 Å². The maximum atomic E-state index is 10.5. The number of morpholine rings is 1. The third-order valence-electron chi connectivity index (χ3n) is 5.49. The smallest absolute Gasteiger partial charge is 0.225 e. The molecule has 2 atom stereocenters. The lowest BCUT2D eigenvalue weighted by Crippen LogP contribution is -2.48. The molecule has 2 aliphatic heterocycles. The minimum atomic E-state index is -0.341. The molecule has 23 heavy (non-hydrogen) atoms. The Balaban J connectivity index is 1.47. The number of nitrogens with zero attached hydrogens (tertiary/aromatic N) is 4. The Kier molecular flexibility index (Phi) is 4.46. The maximum Gasteiger partial charge on any atom is 0.225 e. The van der Waals surface area contributed by atoms with Crippen LogP contribution in [0, 0.1) is 0 Å². The molecular weight excluding hydrogens is 292 g/mol. The molecule has 0 radical (unpaired) electrons. The zero-order valence-corrected chi connectivity index (χ0v) is 13.6. The first-order valence-corrected chi connectivity index (χ1v) is 8.89. The summed E-state index contributed by atoms with van der Waals surface area (Å²) < 4.78 is 5.42. The number of β-amino-alcohol motifs (C(OH)–C–C–N with tert-alkyl or cyclic N) is 1. The van der Waals surface area contributed by atoms with Crippen molar-refractivity contribution in [2.24, 2.45) is 0 Å². The number of aliphatic hydroxyl groups is 1. The highest BCUT2D eigenvalue weighted by Crippen LogP contribution is 2.33. The van der Waals surface area contributed by atoms with Crippen molar-refractivity contribution in [1.82, 2.24) is 14.9 Å². The normalized spacial score (nSPS) is 30.2. The molecule has 1 saturated carbocycles. The molecule has 0 bridgehead atoms. The van der Waals surface area contributed by atoms with Gasteiger partial charge in [-0.2, -0.15) is 0 Å². The Bertz CT molecular complexity index is 529. The van der Waals surface area contributed by atoms with Crippen LogP contribution < -0.4 is 4.90 Å². The Morgan fingerprint density at radius 1 is 1.13 bits per heavy atom. The van der Waals surface area contributed by atoms with E-state index in [-0.39, 0.29) is 12.1 Å². The zero-order valence-electron chi connectivity index (χ0n) is 13.6. The lowest BCUT2D eigenvalue weighted by Gasteiger charge is -2.33. The number of ether oxygens (including phenoxy) is 1. The van der Waals surface area contributed by atoms with Crippen molar-refractivity contribution in [3.63, 3.8) is 0 Å². The van der Waals surface area contributed by atoms with Gasteiger partial charge in [0.1, 0.15) is 0 Å². The van der Waals surface area contributed by atoms with Crippen LogP contribution in [0.4, 0.5) is 5.95 Å². The SMILES string of the molecule is O[C@H]1CN(c2nccc(C3CCCC3)n2)C[C@@H]1N1CCOCC1. The number of hydrogen-bond acceptors (Lipinski definition) is 6. The van der Waals surface area contributed by atoms with E-state index in [9.17, 15) is 5.11 Å². The summed E-state index contributed by atoms with van der Waals surface area (Å²) in [4.78, 5) is 13.8. The summed E-state index contributed by atoms with van der Waals surface area (Å²) in [6.07, 6.45) is 6.65. The molecule has 0 amide bonds. The van der Waals surface area contributed by atoms with Crippen LogP contribution in [0.1, 0.15) is 37.3 Å². The molecule has 1 aliphatic carbocycles. The van der Waals surface area contributed by atoms with Crippen LogP contribution in [0.3, 0.4) is 0 Å².